The fourth-order valence-electron chi connectivity index (χ4n) is 2.73. The Morgan fingerprint density at radius 1 is 0.905 bits per heavy atom. The molecule has 0 bridgehead atoms. The van der Waals surface area contributed by atoms with E-state index in [1.807, 2.05) is 12.1 Å². The molecule has 21 heavy (non-hydrogen) atoms. The Bertz CT molecular complexity index is 555. The minimum Gasteiger partial charge on any atom is -0.497 e. The highest BCUT2D eigenvalue weighted by Crippen LogP contribution is 2.27. The van der Waals surface area contributed by atoms with E-state index in [-0.39, 0.29) is 0 Å². The van der Waals surface area contributed by atoms with E-state index in [4.69, 9.17) is 4.74 Å². The molecule has 0 aromatic heterocycles. The molecule has 0 aliphatic carbocycles. The van der Waals surface area contributed by atoms with Crippen LogP contribution in [0.25, 0.3) is 11.1 Å². The zero-order valence-electron chi connectivity index (χ0n) is 13.5. The highest BCUT2D eigenvalue weighted by molar-refractivity contribution is 5.68. The third-order valence-corrected chi connectivity index (χ3v) is 4.02. The normalized spacial score (nSPS) is 10.6. The van der Waals surface area contributed by atoms with Crippen molar-refractivity contribution in [3.63, 3.8) is 0 Å². The molecule has 1 heteroatoms. The summed E-state index contributed by atoms with van der Waals surface area (Å²) < 4.78 is 5.24. The average Bonchev–Trinajstić information content (AvgIpc) is 2.55. The molecule has 2 aromatic rings. The number of hydrogen-bond donors (Lipinski definition) is 0. The number of methoxy groups -OCH3 is 1. The molecule has 0 radical (unpaired) electrons. The first-order valence-corrected chi connectivity index (χ1v) is 8.04. The molecule has 0 spiro atoms. The molecule has 0 fully saturated rings. The molecule has 0 amide bonds. The van der Waals surface area contributed by atoms with Crippen molar-refractivity contribution >= 4 is 0 Å². The first-order valence-electron chi connectivity index (χ1n) is 8.04. The van der Waals surface area contributed by atoms with Crippen molar-refractivity contribution in [2.24, 2.45) is 0 Å². The van der Waals surface area contributed by atoms with Crippen LogP contribution in [0.2, 0.25) is 0 Å². The van der Waals surface area contributed by atoms with E-state index < -0.39 is 0 Å². The Morgan fingerprint density at radius 2 is 1.67 bits per heavy atom. The van der Waals surface area contributed by atoms with Gasteiger partial charge in [0.1, 0.15) is 5.75 Å². The Hall–Kier alpha value is -1.76. The van der Waals surface area contributed by atoms with Crippen molar-refractivity contribution in [1.29, 1.82) is 0 Å². The monoisotopic (exact) mass is 282 g/mol. The number of benzene rings is 2. The van der Waals surface area contributed by atoms with E-state index in [9.17, 15) is 0 Å². The second-order valence-electron chi connectivity index (χ2n) is 5.53. The van der Waals surface area contributed by atoms with Crippen molar-refractivity contribution in [1.82, 2.24) is 0 Å². The molecule has 0 unspecified atom stereocenters. The van der Waals surface area contributed by atoms with Gasteiger partial charge in [0.25, 0.3) is 0 Å². The predicted octanol–water partition coefficient (Wildman–Crippen LogP) is 5.66. The molecule has 0 heterocycles. The van der Waals surface area contributed by atoms with E-state index in [0.29, 0.717) is 0 Å². The third kappa shape index (κ3) is 4.10. The SMILES string of the molecule is CCCCCc1ccc(-c2ccc(OC)cc2)c(CC)c1. The van der Waals surface area contributed by atoms with Gasteiger partial charge in [0.2, 0.25) is 0 Å². The van der Waals surface area contributed by atoms with Gasteiger partial charge in [-0.05, 0) is 53.6 Å². The van der Waals surface area contributed by atoms with Crippen molar-refractivity contribution in [2.45, 2.75) is 46.0 Å². The second kappa shape index (κ2) is 7.87. The largest absolute Gasteiger partial charge is 0.497 e. The van der Waals surface area contributed by atoms with Crippen LogP contribution in [-0.4, -0.2) is 7.11 Å². The molecular weight excluding hydrogens is 256 g/mol. The van der Waals surface area contributed by atoms with Crippen LogP contribution < -0.4 is 4.74 Å². The van der Waals surface area contributed by atoms with E-state index >= 15 is 0 Å². The summed E-state index contributed by atoms with van der Waals surface area (Å²) in [6.07, 6.45) is 6.17. The van der Waals surface area contributed by atoms with Crippen molar-refractivity contribution in [2.75, 3.05) is 7.11 Å². The number of rotatable bonds is 7. The van der Waals surface area contributed by atoms with Gasteiger partial charge in [-0.1, -0.05) is 57.0 Å². The van der Waals surface area contributed by atoms with Crippen LogP contribution in [0.4, 0.5) is 0 Å². The van der Waals surface area contributed by atoms with Gasteiger partial charge < -0.3 is 4.74 Å². The molecule has 0 aliphatic rings. The van der Waals surface area contributed by atoms with E-state index in [1.165, 1.54) is 47.9 Å². The van der Waals surface area contributed by atoms with Gasteiger partial charge in [-0.15, -0.1) is 0 Å². The molecule has 1 nitrogen and oxygen atoms in total. The molecule has 0 N–H and O–H groups in total. The Kier molecular flexibility index (Phi) is 5.86. The fourth-order valence-corrected chi connectivity index (χ4v) is 2.73. The van der Waals surface area contributed by atoms with E-state index in [1.54, 1.807) is 7.11 Å². The third-order valence-electron chi connectivity index (χ3n) is 4.02. The highest BCUT2D eigenvalue weighted by atomic mass is 16.5. The lowest BCUT2D eigenvalue weighted by atomic mass is 9.94. The number of unbranched alkanes of at least 4 members (excludes halogenated alkanes) is 2. The summed E-state index contributed by atoms with van der Waals surface area (Å²) >= 11 is 0. The Morgan fingerprint density at radius 3 is 2.29 bits per heavy atom. The van der Waals surface area contributed by atoms with Gasteiger partial charge in [-0.2, -0.15) is 0 Å². The van der Waals surface area contributed by atoms with Crippen LogP contribution in [0.5, 0.6) is 5.75 Å². The maximum absolute atomic E-state index is 5.24. The van der Waals surface area contributed by atoms with Gasteiger partial charge in [0, 0.05) is 0 Å². The zero-order chi connectivity index (χ0) is 15.1. The summed E-state index contributed by atoms with van der Waals surface area (Å²) in [5, 5.41) is 0. The van der Waals surface area contributed by atoms with Gasteiger partial charge in [-0.25, -0.2) is 0 Å². The van der Waals surface area contributed by atoms with Crippen molar-refractivity contribution in [3.8, 4) is 16.9 Å². The summed E-state index contributed by atoms with van der Waals surface area (Å²) in [4.78, 5) is 0. The maximum atomic E-state index is 5.24. The molecule has 0 saturated carbocycles. The number of hydrogen-bond acceptors (Lipinski definition) is 1. The van der Waals surface area contributed by atoms with Crippen LogP contribution in [0.1, 0.15) is 44.2 Å². The molecule has 0 saturated heterocycles. The summed E-state index contributed by atoms with van der Waals surface area (Å²) in [5.41, 5.74) is 5.53. The molecule has 2 aromatic carbocycles. The van der Waals surface area contributed by atoms with Crippen molar-refractivity contribution < 1.29 is 4.74 Å². The van der Waals surface area contributed by atoms with Crippen LogP contribution >= 0.6 is 0 Å². The molecular formula is C20H26O. The van der Waals surface area contributed by atoms with Crippen LogP contribution in [-0.2, 0) is 12.8 Å². The smallest absolute Gasteiger partial charge is 0.118 e. The lowest BCUT2D eigenvalue weighted by Gasteiger charge is -2.11. The minimum atomic E-state index is 0.910. The zero-order valence-corrected chi connectivity index (χ0v) is 13.5. The number of aryl methyl sites for hydroxylation is 2. The Balaban J connectivity index is 2.22. The van der Waals surface area contributed by atoms with E-state index in [2.05, 4.69) is 44.2 Å². The van der Waals surface area contributed by atoms with Crippen LogP contribution in [0.3, 0.4) is 0 Å². The number of ether oxygens (including phenoxy) is 1. The Labute approximate surface area is 129 Å². The lowest BCUT2D eigenvalue weighted by Crippen LogP contribution is -1.93. The second-order valence-corrected chi connectivity index (χ2v) is 5.53. The van der Waals surface area contributed by atoms with Gasteiger partial charge >= 0.3 is 0 Å². The van der Waals surface area contributed by atoms with Crippen LogP contribution in [0, 0.1) is 0 Å². The van der Waals surface area contributed by atoms with Gasteiger partial charge in [0.15, 0.2) is 0 Å². The van der Waals surface area contributed by atoms with E-state index in [0.717, 1.165) is 12.2 Å². The van der Waals surface area contributed by atoms with Crippen LogP contribution in [0.15, 0.2) is 42.5 Å². The first kappa shape index (κ1) is 15.6. The molecule has 0 atom stereocenters. The fraction of sp³-hybridized carbons (Fsp3) is 0.400. The van der Waals surface area contributed by atoms with Crippen molar-refractivity contribution in [3.05, 3.63) is 53.6 Å². The summed E-state index contributed by atoms with van der Waals surface area (Å²) in [5.74, 6) is 0.910. The molecule has 0 aliphatic heterocycles. The lowest BCUT2D eigenvalue weighted by molar-refractivity contribution is 0.415. The standard InChI is InChI=1S/C20H26O/c1-4-6-7-8-16-9-14-20(17(5-2)15-16)18-10-12-19(21-3)13-11-18/h9-15H,4-8H2,1-3H3. The summed E-state index contributed by atoms with van der Waals surface area (Å²) in [7, 11) is 1.71. The topological polar surface area (TPSA) is 9.23 Å². The predicted molar refractivity (Wildman–Crippen MR) is 91.0 cm³/mol. The molecule has 112 valence electrons. The molecule has 2 rings (SSSR count). The maximum Gasteiger partial charge on any atom is 0.118 e. The highest BCUT2D eigenvalue weighted by Gasteiger charge is 2.05. The quantitative estimate of drug-likeness (QED) is 0.596. The summed E-state index contributed by atoms with van der Waals surface area (Å²) in [6.45, 7) is 4.49. The van der Waals surface area contributed by atoms with Gasteiger partial charge in [-0.3, -0.25) is 0 Å². The average molecular weight is 282 g/mol. The first-order chi connectivity index (χ1) is 10.3. The summed E-state index contributed by atoms with van der Waals surface area (Å²) in [6, 6.07) is 15.3. The minimum absolute atomic E-state index is 0.910. The van der Waals surface area contributed by atoms with Gasteiger partial charge in [0.05, 0.1) is 7.11 Å².